The van der Waals surface area contributed by atoms with Crippen LogP contribution in [0, 0.1) is 0 Å². The Morgan fingerprint density at radius 3 is 0.984 bits per heavy atom. The van der Waals surface area contributed by atoms with Gasteiger partial charge in [-0.2, -0.15) is 0 Å². The number of ether oxygens (including phenoxy) is 4. The number of rotatable bonds is 31. The number of carbonyl (C=O) groups excluding carboxylic acids is 1. The van der Waals surface area contributed by atoms with Gasteiger partial charge in [0.25, 0.3) is 0 Å². The van der Waals surface area contributed by atoms with Crippen molar-refractivity contribution in [2.75, 3.05) is 27.9 Å². The van der Waals surface area contributed by atoms with Crippen molar-refractivity contribution < 1.29 is 23.7 Å². The first kappa shape index (κ1) is 55.5. The van der Waals surface area contributed by atoms with Crippen molar-refractivity contribution in [3.8, 4) is 17.2 Å². The van der Waals surface area contributed by atoms with E-state index in [4.69, 9.17) is 18.9 Å². The summed E-state index contributed by atoms with van der Waals surface area (Å²) in [4.78, 5) is 12.3. The van der Waals surface area contributed by atoms with Crippen LogP contribution in [0.5, 0.6) is 17.2 Å². The summed E-state index contributed by atoms with van der Waals surface area (Å²) in [6.07, 6.45) is 42.2. The summed E-state index contributed by atoms with van der Waals surface area (Å²) in [5, 5.41) is 0. The number of benzene rings is 1. The van der Waals surface area contributed by atoms with E-state index in [9.17, 15) is 4.79 Å². The lowest BCUT2D eigenvalue weighted by Gasteiger charge is -2.12. The molecule has 0 amide bonds. The lowest BCUT2D eigenvalue weighted by atomic mass is 10.0. The lowest BCUT2D eigenvalue weighted by Crippen LogP contribution is -2.01. The minimum atomic E-state index is -0.406. The van der Waals surface area contributed by atoms with E-state index in [2.05, 4.69) is 118 Å². The van der Waals surface area contributed by atoms with E-state index in [0.29, 0.717) is 17.2 Å². The molecule has 344 valence electrons. The molecular formula is C57H86O5. The topological polar surface area (TPSA) is 54.0 Å². The van der Waals surface area contributed by atoms with Gasteiger partial charge in [0.2, 0.25) is 5.75 Å². The van der Waals surface area contributed by atoms with Gasteiger partial charge in [-0.1, -0.05) is 98.8 Å². The van der Waals surface area contributed by atoms with Crippen molar-refractivity contribution in [3.05, 3.63) is 129 Å². The molecule has 0 aliphatic rings. The highest BCUT2D eigenvalue weighted by Gasteiger charge is 2.12. The van der Waals surface area contributed by atoms with Crippen LogP contribution in [0.15, 0.2) is 123 Å². The Hall–Kier alpha value is -4.51. The molecule has 0 radical (unpaired) electrons. The largest absolute Gasteiger partial charge is 0.493 e. The van der Waals surface area contributed by atoms with Crippen LogP contribution >= 0.6 is 0 Å². The Morgan fingerprint density at radius 2 is 0.710 bits per heavy atom. The highest BCUT2D eigenvalue weighted by atomic mass is 16.5. The maximum absolute atomic E-state index is 12.3. The normalized spacial score (nSPS) is 13.8. The van der Waals surface area contributed by atoms with Gasteiger partial charge < -0.3 is 18.9 Å². The molecule has 0 aromatic heterocycles. The summed E-state index contributed by atoms with van der Waals surface area (Å²) in [6.45, 7) is 22.6. The molecule has 0 aliphatic carbocycles. The fourth-order valence-electron chi connectivity index (χ4n) is 6.90. The van der Waals surface area contributed by atoms with Crippen LogP contribution in [0.2, 0.25) is 0 Å². The van der Waals surface area contributed by atoms with E-state index < -0.39 is 5.97 Å². The first-order valence-corrected chi connectivity index (χ1v) is 23.2. The Balaban J connectivity index is 2.29. The molecule has 0 spiro atoms. The molecule has 0 bridgehead atoms. The zero-order valence-corrected chi connectivity index (χ0v) is 41.6. The van der Waals surface area contributed by atoms with Crippen molar-refractivity contribution in [2.24, 2.45) is 0 Å². The van der Waals surface area contributed by atoms with E-state index in [0.717, 1.165) is 95.5 Å². The minimum absolute atomic E-state index is 0.246. The van der Waals surface area contributed by atoms with Crippen LogP contribution in [-0.2, 0) is 9.53 Å². The van der Waals surface area contributed by atoms with Crippen LogP contribution < -0.4 is 14.2 Å². The van der Waals surface area contributed by atoms with Crippen molar-refractivity contribution in [2.45, 2.75) is 172 Å². The quantitative estimate of drug-likeness (QED) is 0.0423. The number of hydrogen-bond donors (Lipinski definition) is 0. The number of allylic oxidation sites excluding steroid dienone is 17. The molecule has 0 N–H and O–H groups in total. The van der Waals surface area contributed by atoms with Crippen molar-refractivity contribution >= 4 is 12.0 Å². The summed E-state index contributed by atoms with van der Waals surface area (Å²) >= 11 is 0. The van der Waals surface area contributed by atoms with Crippen LogP contribution in [0.25, 0.3) is 6.08 Å². The fraction of sp³-hybridized carbons (Fsp3) is 0.526. The van der Waals surface area contributed by atoms with Gasteiger partial charge in [-0.05, 0) is 202 Å². The second-order valence-electron chi connectivity index (χ2n) is 17.4. The number of carbonyl (C=O) groups is 1. The summed E-state index contributed by atoms with van der Waals surface area (Å²) in [5.41, 5.74) is 13.8. The standard InChI is InChI=1S/C57H86O5/c1-44(2)22-14-23-45(3)24-15-25-46(4)26-16-27-47(5)28-17-29-48(6)30-18-31-49(7)32-19-33-50(8)34-20-35-51(9)36-21-37-52(10)40-41-62-56(58)39-38-53-42-54(59-11)57(61-13)55(43-53)60-12/h22,24,26,28,30,32,34,36,38-40,42-43H,14-21,23,25,27,29,31,33,35,37,41H2,1-13H3/b39-38+,45-24+,46-26+,47-28+,48-30+,49-32+,50-34+,51-36+,52-40+. The summed E-state index contributed by atoms with van der Waals surface area (Å²) in [6, 6.07) is 3.56. The number of methoxy groups -OCH3 is 3. The van der Waals surface area contributed by atoms with Gasteiger partial charge in [0, 0.05) is 6.08 Å². The van der Waals surface area contributed by atoms with Gasteiger partial charge >= 0.3 is 5.97 Å². The van der Waals surface area contributed by atoms with Crippen LogP contribution in [-0.4, -0.2) is 33.9 Å². The number of hydrogen-bond acceptors (Lipinski definition) is 5. The predicted octanol–water partition coefficient (Wildman–Crippen LogP) is 17.0. The third-order valence-corrected chi connectivity index (χ3v) is 11.1. The van der Waals surface area contributed by atoms with E-state index in [-0.39, 0.29) is 6.61 Å². The van der Waals surface area contributed by atoms with E-state index in [1.54, 1.807) is 39.5 Å². The maximum Gasteiger partial charge on any atom is 0.331 e. The van der Waals surface area contributed by atoms with E-state index in [1.165, 1.54) is 69.1 Å². The predicted molar refractivity (Wildman–Crippen MR) is 269 cm³/mol. The third-order valence-electron chi connectivity index (χ3n) is 11.1. The molecular weight excluding hydrogens is 765 g/mol. The molecule has 0 unspecified atom stereocenters. The summed E-state index contributed by atoms with van der Waals surface area (Å²) in [5.74, 6) is 1.15. The molecule has 0 saturated heterocycles. The molecule has 0 saturated carbocycles. The van der Waals surface area contributed by atoms with Crippen molar-refractivity contribution in [1.29, 1.82) is 0 Å². The zero-order chi connectivity index (χ0) is 46.1. The van der Waals surface area contributed by atoms with Gasteiger partial charge in [-0.15, -0.1) is 0 Å². The molecule has 1 aromatic rings. The van der Waals surface area contributed by atoms with Gasteiger partial charge in [0.15, 0.2) is 11.5 Å². The van der Waals surface area contributed by atoms with Crippen LogP contribution in [0.3, 0.4) is 0 Å². The Bertz CT molecular complexity index is 1770. The van der Waals surface area contributed by atoms with E-state index in [1.807, 2.05) is 6.08 Å². The SMILES string of the molecule is COc1cc(/C=C/C(=O)OC/C=C(\C)CC/C=C(\C)CC/C=C(\C)CC/C=C(\C)CC/C=C(\C)CC/C=C(\C)CC/C=C(\C)CC/C=C(\C)CCC=C(C)C)cc(OC)c1OC. The van der Waals surface area contributed by atoms with Gasteiger partial charge in [0.05, 0.1) is 21.3 Å². The molecule has 1 aromatic carbocycles. The second kappa shape index (κ2) is 34.0. The molecule has 0 fully saturated rings. The Kier molecular flexibility index (Phi) is 30.5. The maximum atomic E-state index is 12.3. The first-order chi connectivity index (χ1) is 29.7. The third kappa shape index (κ3) is 28.2. The van der Waals surface area contributed by atoms with Gasteiger partial charge in [0.1, 0.15) is 6.61 Å². The molecule has 1 rings (SSSR count). The van der Waals surface area contributed by atoms with E-state index >= 15 is 0 Å². The highest BCUT2D eigenvalue weighted by Crippen LogP contribution is 2.38. The second-order valence-corrected chi connectivity index (χ2v) is 17.4. The van der Waals surface area contributed by atoms with Crippen molar-refractivity contribution in [3.63, 3.8) is 0 Å². The summed E-state index contributed by atoms with van der Waals surface area (Å²) < 4.78 is 21.5. The number of esters is 1. The molecule has 0 aliphatic heterocycles. The Labute approximate surface area is 380 Å². The minimum Gasteiger partial charge on any atom is -0.493 e. The van der Waals surface area contributed by atoms with Gasteiger partial charge in [-0.3, -0.25) is 0 Å². The highest BCUT2D eigenvalue weighted by molar-refractivity contribution is 5.87. The Morgan fingerprint density at radius 1 is 0.419 bits per heavy atom. The average molecular weight is 851 g/mol. The smallest absolute Gasteiger partial charge is 0.331 e. The molecule has 62 heavy (non-hydrogen) atoms. The zero-order valence-electron chi connectivity index (χ0n) is 41.6. The van der Waals surface area contributed by atoms with Crippen LogP contribution in [0.1, 0.15) is 178 Å². The first-order valence-electron chi connectivity index (χ1n) is 23.2. The summed E-state index contributed by atoms with van der Waals surface area (Å²) in [7, 11) is 4.68. The van der Waals surface area contributed by atoms with Crippen molar-refractivity contribution in [1.82, 2.24) is 0 Å². The lowest BCUT2D eigenvalue weighted by molar-refractivity contribution is -0.136. The fourth-order valence-corrected chi connectivity index (χ4v) is 6.90. The molecule has 0 atom stereocenters. The molecule has 0 heterocycles. The average Bonchev–Trinajstić information content (AvgIpc) is 3.22. The van der Waals surface area contributed by atoms with Crippen LogP contribution in [0.4, 0.5) is 0 Å². The monoisotopic (exact) mass is 851 g/mol. The van der Waals surface area contributed by atoms with Gasteiger partial charge in [-0.25, -0.2) is 4.79 Å². The molecule has 5 nitrogen and oxygen atoms in total. The molecule has 5 heteroatoms.